The van der Waals surface area contributed by atoms with Crippen LogP contribution in [-0.2, 0) is 11.4 Å². The molecule has 32 heavy (non-hydrogen) atoms. The van der Waals surface area contributed by atoms with Crippen molar-refractivity contribution >= 4 is 61.9 Å². The SMILES string of the molecule is COc1ccccc1N1C(=O)/C(=C\c2cc(Br)ccc2OCc2ccc(F)cc2)SC1=S. The Morgan fingerprint density at radius 2 is 1.84 bits per heavy atom. The molecular formula is C24H17BrFNO3S2. The van der Waals surface area contributed by atoms with Crippen LogP contribution in [0.1, 0.15) is 11.1 Å². The van der Waals surface area contributed by atoms with E-state index in [1.807, 2.05) is 30.3 Å². The van der Waals surface area contributed by atoms with Gasteiger partial charge < -0.3 is 9.47 Å². The third kappa shape index (κ3) is 4.87. The molecule has 3 aromatic carbocycles. The van der Waals surface area contributed by atoms with Gasteiger partial charge in [-0.1, -0.05) is 64.2 Å². The number of hydrogen-bond acceptors (Lipinski definition) is 5. The molecule has 0 unspecified atom stereocenters. The molecule has 0 aliphatic carbocycles. The molecule has 0 aromatic heterocycles. The lowest BCUT2D eigenvalue weighted by molar-refractivity contribution is -0.113. The number of ether oxygens (including phenoxy) is 2. The van der Waals surface area contributed by atoms with E-state index in [1.54, 1.807) is 37.5 Å². The van der Waals surface area contributed by atoms with Crippen LogP contribution < -0.4 is 14.4 Å². The highest BCUT2D eigenvalue weighted by Gasteiger charge is 2.35. The molecule has 1 heterocycles. The van der Waals surface area contributed by atoms with E-state index in [4.69, 9.17) is 21.7 Å². The van der Waals surface area contributed by atoms with E-state index in [9.17, 15) is 9.18 Å². The van der Waals surface area contributed by atoms with Crippen molar-refractivity contribution in [2.45, 2.75) is 6.61 Å². The van der Waals surface area contributed by atoms with Gasteiger partial charge in [-0.25, -0.2) is 4.39 Å². The summed E-state index contributed by atoms with van der Waals surface area (Å²) in [5.41, 5.74) is 2.16. The molecule has 4 nitrogen and oxygen atoms in total. The summed E-state index contributed by atoms with van der Waals surface area (Å²) in [5.74, 6) is 0.639. The van der Waals surface area contributed by atoms with E-state index in [2.05, 4.69) is 15.9 Å². The van der Waals surface area contributed by atoms with Gasteiger partial charge in [0, 0.05) is 10.0 Å². The molecule has 3 aromatic rings. The number of methoxy groups -OCH3 is 1. The summed E-state index contributed by atoms with van der Waals surface area (Å²) in [7, 11) is 1.55. The number of nitrogens with zero attached hydrogens (tertiary/aromatic N) is 1. The summed E-state index contributed by atoms with van der Waals surface area (Å²) in [5, 5.41) is 0. The van der Waals surface area contributed by atoms with Crippen LogP contribution in [0.15, 0.2) is 76.1 Å². The largest absolute Gasteiger partial charge is 0.495 e. The fraction of sp³-hybridized carbons (Fsp3) is 0.0833. The second-order valence-electron chi connectivity index (χ2n) is 6.79. The molecule has 0 spiro atoms. The molecule has 1 saturated heterocycles. The Balaban J connectivity index is 1.62. The van der Waals surface area contributed by atoms with Crippen molar-refractivity contribution in [3.63, 3.8) is 0 Å². The highest BCUT2D eigenvalue weighted by atomic mass is 79.9. The molecule has 0 bridgehead atoms. The number of anilines is 1. The summed E-state index contributed by atoms with van der Waals surface area (Å²) in [4.78, 5) is 15.2. The number of para-hydroxylation sites is 2. The maximum absolute atomic E-state index is 13.2. The Morgan fingerprint density at radius 3 is 2.59 bits per heavy atom. The van der Waals surface area contributed by atoms with Crippen LogP contribution in [0.3, 0.4) is 0 Å². The molecule has 1 amide bonds. The van der Waals surface area contributed by atoms with Gasteiger partial charge in [0.15, 0.2) is 4.32 Å². The quantitative estimate of drug-likeness (QED) is 0.266. The standard InChI is InChI=1S/C24H17BrFNO3S2/c1-29-21-5-3-2-4-19(21)27-23(28)22(32-24(27)31)13-16-12-17(25)8-11-20(16)30-14-15-6-9-18(26)10-7-15/h2-13H,14H2,1H3/b22-13+. The van der Waals surface area contributed by atoms with Crippen LogP contribution >= 0.6 is 39.9 Å². The Hall–Kier alpha value is -2.68. The number of benzene rings is 3. The smallest absolute Gasteiger partial charge is 0.270 e. The van der Waals surface area contributed by atoms with E-state index >= 15 is 0 Å². The second-order valence-corrected chi connectivity index (χ2v) is 9.38. The molecular weight excluding hydrogens is 513 g/mol. The van der Waals surface area contributed by atoms with Crippen molar-refractivity contribution in [1.82, 2.24) is 0 Å². The third-order valence-corrected chi connectivity index (χ3v) is 6.48. The van der Waals surface area contributed by atoms with Gasteiger partial charge in [-0.05, 0) is 54.1 Å². The Kier molecular flexibility index (Phi) is 6.93. The molecule has 162 valence electrons. The first-order valence-corrected chi connectivity index (χ1v) is 11.6. The van der Waals surface area contributed by atoms with Crippen molar-refractivity contribution < 1.29 is 18.7 Å². The monoisotopic (exact) mass is 529 g/mol. The summed E-state index contributed by atoms with van der Waals surface area (Å²) in [6, 6.07) is 18.9. The van der Waals surface area contributed by atoms with Gasteiger partial charge in [-0.3, -0.25) is 9.69 Å². The van der Waals surface area contributed by atoms with Gasteiger partial charge in [0.1, 0.15) is 23.9 Å². The molecule has 1 aliphatic rings. The number of thioether (sulfide) groups is 1. The van der Waals surface area contributed by atoms with Crippen LogP contribution in [0.25, 0.3) is 6.08 Å². The number of carbonyl (C=O) groups is 1. The average Bonchev–Trinajstić information content (AvgIpc) is 3.07. The van der Waals surface area contributed by atoms with Gasteiger partial charge in [-0.2, -0.15) is 0 Å². The number of thiocarbonyl (C=S) groups is 1. The Morgan fingerprint density at radius 1 is 1.09 bits per heavy atom. The highest BCUT2D eigenvalue weighted by Crippen LogP contribution is 2.40. The Labute approximate surface area is 203 Å². The zero-order valence-electron chi connectivity index (χ0n) is 16.9. The minimum Gasteiger partial charge on any atom is -0.495 e. The van der Waals surface area contributed by atoms with E-state index in [-0.39, 0.29) is 18.3 Å². The minimum absolute atomic E-state index is 0.228. The first-order chi connectivity index (χ1) is 15.5. The molecule has 8 heteroatoms. The minimum atomic E-state index is -0.296. The molecule has 4 rings (SSSR count). The molecule has 1 fully saturated rings. The summed E-state index contributed by atoms with van der Waals surface area (Å²) in [6.45, 7) is 0.269. The first-order valence-electron chi connectivity index (χ1n) is 9.54. The zero-order chi connectivity index (χ0) is 22.7. The van der Waals surface area contributed by atoms with Crippen LogP contribution in [-0.4, -0.2) is 17.3 Å². The van der Waals surface area contributed by atoms with E-state index in [0.29, 0.717) is 26.4 Å². The number of amides is 1. The summed E-state index contributed by atoms with van der Waals surface area (Å²) < 4.78 is 25.8. The van der Waals surface area contributed by atoms with Crippen molar-refractivity contribution in [2.75, 3.05) is 12.0 Å². The van der Waals surface area contributed by atoms with Crippen molar-refractivity contribution in [3.05, 3.63) is 93.1 Å². The lowest BCUT2D eigenvalue weighted by Gasteiger charge is -2.17. The lowest BCUT2D eigenvalue weighted by atomic mass is 10.1. The van der Waals surface area contributed by atoms with Gasteiger partial charge in [0.2, 0.25) is 0 Å². The van der Waals surface area contributed by atoms with Gasteiger partial charge >= 0.3 is 0 Å². The van der Waals surface area contributed by atoms with Gasteiger partial charge in [-0.15, -0.1) is 0 Å². The number of rotatable bonds is 6. The first kappa shape index (κ1) is 22.5. The third-order valence-electron chi connectivity index (χ3n) is 4.69. The van der Waals surface area contributed by atoms with Crippen LogP contribution in [0.5, 0.6) is 11.5 Å². The fourth-order valence-electron chi connectivity index (χ4n) is 3.14. The number of hydrogen-bond donors (Lipinski definition) is 0. The van der Waals surface area contributed by atoms with E-state index in [1.165, 1.54) is 28.8 Å². The van der Waals surface area contributed by atoms with Crippen LogP contribution in [0, 0.1) is 5.82 Å². The molecule has 0 atom stereocenters. The second kappa shape index (κ2) is 9.85. The molecule has 0 N–H and O–H groups in total. The predicted octanol–water partition coefficient (Wildman–Crippen LogP) is 6.58. The van der Waals surface area contributed by atoms with Crippen molar-refractivity contribution in [3.8, 4) is 11.5 Å². The zero-order valence-corrected chi connectivity index (χ0v) is 20.1. The average molecular weight is 530 g/mol. The van der Waals surface area contributed by atoms with Crippen LogP contribution in [0.2, 0.25) is 0 Å². The lowest BCUT2D eigenvalue weighted by Crippen LogP contribution is -2.27. The van der Waals surface area contributed by atoms with E-state index < -0.39 is 0 Å². The highest BCUT2D eigenvalue weighted by molar-refractivity contribution is 9.10. The maximum Gasteiger partial charge on any atom is 0.270 e. The Bertz CT molecular complexity index is 1210. The van der Waals surface area contributed by atoms with E-state index in [0.717, 1.165) is 15.6 Å². The topological polar surface area (TPSA) is 38.8 Å². The number of carbonyl (C=O) groups excluding carboxylic acids is 1. The maximum atomic E-state index is 13.2. The van der Waals surface area contributed by atoms with Crippen LogP contribution in [0.4, 0.5) is 10.1 Å². The molecule has 0 saturated carbocycles. The normalized spacial score (nSPS) is 14.8. The van der Waals surface area contributed by atoms with Crippen molar-refractivity contribution in [2.24, 2.45) is 0 Å². The summed E-state index contributed by atoms with van der Waals surface area (Å²) in [6.07, 6.45) is 1.76. The predicted molar refractivity (Wildman–Crippen MR) is 134 cm³/mol. The summed E-state index contributed by atoms with van der Waals surface area (Å²) >= 11 is 10.2. The number of halogens is 2. The fourth-order valence-corrected chi connectivity index (χ4v) is 4.79. The molecule has 0 radical (unpaired) electrons. The van der Waals surface area contributed by atoms with Crippen molar-refractivity contribution in [1.29, 1.82) is 0 Å². The van der Waals surface area contributed by atoms with Gasteiger partial charge in [0.25, 0.3) is 5.91 Å². The van der Waals surface area contributed by atoms with Gasteiger partial charge in [0.05, 0.1) is 17.7 Å². The molecule has 1 aliphatic heterocycles.